The Morgan fingerprint density at radius 2 is 1.19 bits per heavy atom. The molecule has 0 saturated heterocycles. The van der Waals surface area contributed by atoms with Crippen LogP contribution in [0.1, 0.15) is 77.0 Å². The summed E-state index contributed by atoms with van der Waals surface area (Å²) in [5, 5.41) is 0. The van der Waals surface area contributed by atoms with E-state index in [-0.39, 0.29) is 6.29 Å². The molecule has 0 aliphatic heterocycles. The summed E-state index contributed by atoms with van der Waals surface area (Å²) in [6.07, 6.45) is 19.8. The molecule has 0 N–H and O–H groups in total. The standard InChI is InChI=1S/C18H35ClO2/c1-20-18(21-2)16-14-12-10-8-6-4-3-5-7-9-11-13-15-17-19/h11,13,18H,3-10,12,14-17H2,1-2H3/b13-11+. The molecule has 0 radical (unpaired) electrons. The highest BCUT2D eigenvalue weighted by atomic mass is 35.5. The summed E-state index contributed by atoms with van der Waals surface area (Å²) in [4.78, 5) is 0. The molecule has 0 unspecified atom stereocenters. The third-order valence-electron chi connectivity index (χ3n) is 3.78. The summed E-state index contributed by atoms with van der Waals surface area (Å²) in [6.45, 7) is 0. The van der Waals surface area contributed by atoms with Crippen molar-refractivity contribution in [3.05, 3.63) is 12.2 Å². The average molecular weight is 319 g/mol. The van der Waals surface area contributed by atoms with Crippen molar-refractivity contribution in [2.24, 2.45) is 0 Å². The van der Waals surface area contributed by atoms with Gasteiger partial charge in [0.05, 0.1) is 0 Å². The fourth-order valence-electron chi connectivity index (χ4n) is 2.44. The molecule has 0 spiro atoms. The molecule has 0 amide bonds. The van der Waals surface area contributed by atoms with Gasteiger partial charge in [0.15, 0.2) is 6.29 Å². The molecule has 3 heteroatoms. The Balaban J connectivity index is 3.09. The summed E-state index contributed by atoms with van der Waals surface area (Å²) in [5.74, 6) is 0.744. The molecule has 0 aliphatic rings. The van der Waals surface area contributed by atoms with E-state index in [1.807, 2.05) is 0 Å². The van der Waals surface area contributed by atoms with E-state index in [1.54, 1.807) is 14.2 Å². The fourth-order valence-corrected chi connectivity index (χ4v) is 2.57. The van der Waals surface area contributed by atoms with Crippen molar-refractivity contribution in [1.82, 2.24) is 0 Å². The van der Waals surface area contributed by atoms with Gasteiger partial charge >= 0.3 is 0 Å². The molecule has 0 rings (SSSR count). The van der Waals surface area contributed by atoms with E-state index in [2.05, 4.69) is 12.2 Å². The summed E-state index contributed by atoms with van der Waals surface area (Å²) in [6, 6.07) is 0. The third-order valence-corrected chi connectivity index (χ3v) is 4.00. The number of unbranched alkanes of at least 4 members (excludes halogenated alkanes) is 9. The Morgan fingerprint density at radius 1 is 0.714 bits per heavy atom. The number of halogens is 1. The number of hydrogen-bond acceptors (Lipinski definition) is 2. The van der Waals surface area contributed by atoms with Crippen LogP contribution in [-0.4, -0.2) is 26.4 Å². The Morgan fingerprint density at radius 3 is 1.71 bits per heavy atom. The number of allylic oxidation sites excluding steroid dienone is 2. The third kappa shape index (κ3) is 16.2. The molecule has 0 bridgehead atoms. The van der Waals surface area contributed by atoms with Crippen LogP contribution in [0.3, 0.4) is 0 Å². The predicted octanol–water partition coefficient (Wildman–Crippen LogP) is 6.08. The van der Waals surface area contributed by atoms with Crippen LogP contribution < -0.4 is 0 Å². The van der Waals surface area contributed by atoms with E-state index in [9.17, 15) is 0 Å². The van der Waals surface area contributed by atoms with Gasteiger partial charge in [-0.25, -0.2) is 0 Å². The zero-order valence-electron chi connectivity index (χ0n) is 14.1. The van der Waals surface area contributed by atoms with Crippen LogP contribution in [-0.2, 0) is 9.47 Å². The molecule has 0 aromatic rings. The van der Waals surface area contributed by atoms with E-state index in [0.717, 1.165) is 18.7 Å². The van der Waals surface area contributed by atoms with Crippen LogP contribution >= 0.6 is 11.6 Å². The summed E-state index contributed by atoms with van der Waals surface area (Å²) >= 11 is 5.61. The first kappa shape index (κ1) is 20.9. The molecular formula is C18H35ClO2. The first-order valence-corrected chi connectivity index (χ1v) is 9.15. The highest BCUT2D eigenvalue weighted by Gasteiger charge is 2.03. The second kappa shape index (κ2) is 18.0. The molecule has 0 aromatic heterocycles. The molecule has 2 nitrogen and oxygen atoms in total. The minimum absolute atomic E-state index is 0.0107. The van der Waals surface area contributed by atoms with Gasteiger partial charge in [-0.2, -0.15) is 0 Å². The van der Waals surface area contributed by atoms with Gasteiger partial charge < -0.3 is 9.47 Å². The molecule has 126 valence electrons. The molecule has 0 heterocycles. The fraction of sp³-hybridized carbons (Fsp3) is 0.889. The molecular weight excluding hydrogens is 284 g/mol. The van der Waals surface area contributed by atoms with E-state index < -0.39 is 0 Å². The Bertz CT molecular complexity index is 215. The van der Waals surface area contributed by atoms with E-state index >= 15 is 0 Å². The lowest BCUT2D eigenvalue weighted by molar-refractivity contribution is -0.107. The second-order valence-corrected chi connectivity index (χ2v) is 5.99. The van der Waals surface area contributed by atoms with Crippen molar-refractivity contribution in [2.45, 2.75) is 83.3 Å². The van der Waals surface area contributed by atoms with Crippen LogP contribution in [0.4, 0.5) is 0 Å². The van der Waals surface area contributed by atoms with Gasteiger partial charge in [-0.1, -0.05) is 57.1 Å². The second-order valence-electron chi connectivity index (χ2n) is 5.61. The van der Waals surface area contributed by atoms with Gasteiger partial charge in [-0.05, 0) is 32.1 Å². The van der Waals surface area contributed by atoms with Crippen LogP contribution in [0.25, 0.3) is 0 Å². The van der Waals surface area contributed by atoms with Crippen molar-refractivity contribution >= 4 is 11.6 Å². The van der Waals surface area contributed by atoms with Gasteiger partial charge in [0.2, 0.25) is 0 Å². The normalized spacial score (nSPS) is 11.8. The SMILES string of the molecule is COC(CCCCCCCCCCC/C=C/CCCl)OC. The van der Waals surface area contributed by atoms with Crippen LogP contribution in [0.5, 0.6) is 0 Å². The van der Waals surface area contributed by atoms with Gasteiger partial charge in [-0.3, -0.25) is 0 Å². The zero-order valence-corrected chi connectivity index (χ0v) is 14.9. The summed E-state index contributed by atoms with van der Waals surface area (Å²) in [7, 11) is 3.42. The van der Waals surface area contributed by atoms with Gasteiger partial charge in [-0.15, -0.1) is 11.6 Å². The lowest BCUT2D eigenvalue weighted by Gasteiger charge is -2.12. The molecule has 0 aromatic carbocycles. The minimum atomic E-state index is -0.0107. The van der Waals surface area contributed by atoms with Gasteiger partial charge in [0.1, 0.15) is 0 Å². The number of ether oxygens (including phenoxy) is 2. The predicted molar refractivity (Wildman–Crippen MR) is 93.1 cm³/mol. The Hall–Kier alpha value is -0.0500. The van der Waals surface area contributed by atoms with Crippen LogP contribution in [0.15, 0.2) is 12.2 Å². The van der Waals surface area contributed by atoms with E-state index in [1.165, 1.54) is 64.2 Å². The number of alkyl halides is 1. The molecule has 0 saturated carbocycles. The summed E-state index contributed by atoms with van der Waals surface area (Å²) in [5.41, 5.74) is 0. The van der Waals surface area contributed by atoms with Crippen molar-refractivity contribution in [2.75, 3.05) is 20.1 Å². The number of rotatable bonds is 16. The maximum Gasteiger partial charge on any atom is 0.156 e. The quantitative estimate of drug-likeness (QED) is 0.148. The lowest BCUT2D eigenvalue weighted by Crippen LogP contribution is -2.12. The van der Waals surface area contributed by atoms with Crippen molar-refractivity contribution < 1.29 is 9.47 Å². The molecule has 21 heavy (non-hydrogen) atoms. The van der Waals surface area contributed by atoms with Crippen molar-refractivity contribution in [1.29, 1.82) is 0 Å². The van der Waals surface area contributed by atoms with Gasteiger partial charge in [0.25, 0.3) is 0 Å². The number of methoxy groups -OCH3 is 2. The topological polar surface area (TPSA) is 18.5 Å². The average Bonchev–Trinajstić information content (AvgIpc) is 2.51. The largest absolute Gasteiger partial charge is 0.356 e. The Kier molecular flexibility index (Phi) is 18.0. The van der Waals surface area contributed by atoms with Crippen molar-refractivity contribution in [3.63, 3.8) is 0 Å². The van der Waals surface area contributed by atoms with Crippen molar-refractivity contribution in [3.8, 4) is 0 Å². The first-order valence-electron chi connectivity index (χ1n) is 8.61. The monoisotopic (exact) mass is 318 g/mol. The Labute approximate surface area is 137 Å². The van der Waals surface area contributed by atoms with E-state index in [4.69, 9.17) is 21.1 Å². The summed E-state index contributed by atoms with van der Waals surface area (Å²) < 4.78 is 10.4. The maximum atomic E-state index is 5.61. The highest BCUT2D eigenvalue weighted by molar-refractivity contribution is 6.17. The highest BCUT2D eigenvalue weighted by Crippen LogP contribution is 2.13. The lowest BCUT2D eigenvalue weighted by atomic mass is 10.1. The van der Waals surface area contributed by atoms with E-state index in [0.29, 0.717) is 0 Å². The number of hydrogen-bond donors (Lipinski definition) is 0. The first-order chi connectivity index (χ1) is 10.3. The molecule has 0 aliphatic carbocycles. The zero-order chi connectivity index (χ0) is 15.6. The van der Waals surface area contributed by atoms with Crippen LogP contribution in [0, 0.1) is 0 Å². The molecule has 0 atom stereocenters. The van der Waals surface area contributed by atoms with Crippen LogP contribution in [0.2, 0.25) is 0 Å². The molecule has 0 fully saturated rings. The smallest absolute Gasteiger partial charge is 0.156 e. The van der Waals surface area contributed by atoms with Gasteiger partial charge in [0, 0.05) is 20.1 Å². The minimum Gasteiger partial charge on any atom is -0.356 e. The maximum absolute atomic E-state index is 5.61.